The molecule has 2 nitrogen and oxygen atoms in total. The van der Waals surface area contributed by atoms with Gasteiger partial charge in [-0.2, -0.15) is 13.2 Å². The highest BCUT2D eigenvalue weighted by molar-refractivity contribution is 5.50. The van der Waals surface area contributed by atoms with Crippen LogP contribution in [0.1, 0.15) is 24.0 Å². The van der Waals surface area contributed by atoms with Crippen molar-refractivity contribution in [2.45, 2.75) is 32.0 Å². The van der Waals surface area contributed by atoms with Gasteiger partial charge in [-0.15, -0.1) is 0 Å². The van der Waals surface area contributed by atoms with E-state index in [0.29, 0.717) is 5.69 Å². The molecule has 5 heteroatoms. The number of nitrogens with one attached hydrogen (secondary N) is 1. The van der Waals surface area contributed by atoms with Crippen molar-refractivity contribution in [3.05, 3.63) is 29.3 Å². The highest BCUT2D eigenvalue weighted by Crippen LogP contribution is 2.33. The Morgan fingerprint density at radius 2 is 2.05 bits per heavy atom. The van der Waals surface area contributed by atoms with Gasteiger partial charge in [-0.1, -0.05) is 6.07 Å². The van der Waals surface area contributed by atoms with E-state index in [1.807, 2.05) is 7.05 Å². The summed E-state index contributed by atoms with van der Waals surface area (Å²) in [6.07, 6.45) is -2.21. The van der Waals surface area contributed by atoms with Gasteiger partial charge in [0.2, 0.25) is 0 Å². The summed E-state index contributed by atoms with van der Waals surface area (Å²) in [4.78, 5) is 2.19. The molecule has 0 saturated carbocycles. The third kappa shape index (κ3) is 3.62. The fourth-order valence-electron chi connectivity index (χ4n) is 2.54. The molecule has 1 N–H and O–H groups in total. The van der Waals surface area contributed by atoms with Crippen LogP contribution in [0.4, 0.5) is 18.9 Å². The molecule has 1 aliphatic rings. The maximum absolute atomic E-state index is 12.8. The van der Waals surface area contributed by atoms with Gasteiger partial charge in [0.25, 0.3) is 0 Å². The minimum atomic E-state index is -4.29. The third-order valence-corrected chi connectivity index (χ3v) is 3.54. The molecule has 106 valence electrons. The van der Waals surface area contributed by atoms with Gasteiger partial charge in [0.05, 0.1) is 5.56 Å². The SMILES string of the molecule is Cc1ccc(NC2CCCN(C)C2)cc1C(F)(F)F. The first-order valence-corrected chi connectivity index (χ1v) is 6.49. The van der Waals surface area contributed by atoms with Crippen molar-refractivity contribution in [3.63, 3.8) is 0 Å². The number of hydrogen-bond acceptors (Lipinski definition) is 2. The number of anilines is 1. The van der Waals surface area contributed by atoms with Gasteiger partial charge in [0.15, 0.2) is 0 Å². The normalized spacial score (nSPS) is 21.4. The molecular formula is C14H19F3N2. The molecule has 2 rings (SSSR count). The molecule has 1 aromatic carbocycles. The lowest BCUT2D eigenvalue weighted by Gasteiger charge is -2.31. The van der Waals surface area contributed by atoms with Crippen LogP contribution in [0, 0.1) is 6.92 Å². The number of halogens is 3. The van der Waals surface area contributed by atoms with Gasteiger partial charge < -0.3 is 10.2 Å². The minimum absolute atomic E-state index is 0.225. The van der Waals surface area contributed by atoms with Crippen molar-refractivity contribution in [1.82, 2.24) is 4.90 Å². The maximum atomic E-state index is 12.8. The monoisotopic (exact) mass is 272 g/mol. The number of aryl methyl sites for hydroxylation is 1. The molecule has 0 spiro atoms. The van der Waals surface area contributed by atoms with Gasteiger partial charge in [-0.25, -0.2) is 0 Å². The number of likely N-dealkylation sites (N-methyl/N-ethyl adjacent to an activating group) is 1. The van der Waals surface area contributed by atoms with E-state index in [4.69, 9.17) is 0 Å². The number of hydrogen-bond donors (Lipinski definition) is 1. The van der Waals surface area contributed by atoms with Crippen LogP contribution in [0.5, 0.6) is 0 Å². The summed E-state index contributed by atoms with van der Waals surface area (Å²) in [7, 11) is 2.03. The molecular weight excluding hydrogens is 253 g/mol. The van der Waals surface area contributed by atoms with Crippen LogP contribution in [0.15, 0.2) is 18.2 Å². The van der Waals surface area contributed by atoms with Crippen molar-refractivity contribution >= 4 is 5.69 Å². The van der Waals surface area contributed by atoms with E-state index >= 15 is 0 Å². The Morgan fingerprint density at radius 1 is 1.32 bits per heavy atom. The van der Waals surface area contributed by atoms with E-state index in [1.54, 1.807) is 6.07 Å². The lowest BCUT2D eigenvalue weighted by molar-refractivity contribution is -0.138. The average Bonchev–Trinajstić information content (AvgIpc) is 2.30. The van der Waals surface area contributed by atoms with Crippen LogP contribution in [-0.4, -0.2) is 31.1 Å². The summed E-state index contributed by atoms with van der Waals surface area (Å²) in [6.45, 7) is 3.41. The van der Waals surface area contributed by atoms with E-state index in [9.17, 15) is 13.2 Å². The van der Waals surface area contributed by atoms with Gasteiger partial charge in [0, 0.05) is 18.3 Å². The number of rotatable bonds is 2. The highest BCUT2D eigenvalue weighted by atomic mass is 19.4. The second-order valence-corrected chi connectivity index (χ2v) is 5.27. The number of benzene rings is 1. The van der Waals surface area contributed by atoms with Crippen molar-refractivity contribution in [2.24, 2.45) is 0 Å². The molecule has 19 heavy (non-hydrogen) atoms. The summed E-state index contributed by atoms with van der Waals surface area (Å²) in [6, 6.07) is 4.68. The molecule has 1 unspecified atom stereocenters. The number of nitrogens with zero attached hydrogens (tertiary/aromatic N) is 1. The fourth-order valence-corrected chi connectivity index (χ4v) is 2.54. The molecule has 1 atom stereocenters. The summed E-state index contributed by atoms with van der Waals surface area (Å²) in [5.41, 5.74) is 0.263. The van der Waals surface area contributed by atoms with Gasteiger partial charge >= 0.3 is 6.18 Å². The number of piperidine rings is 1. The minimum Gasteiger partial charge on any atom is -0.381 e. The Balaban J connectivity index is 2.13. The standard InChI is InChI=1S/C14H19F3N2/c1-10-5-6-11(8-13(10)14(15,16)17)18-12-4-3-7-19(2)9-12/h5-6,8,12,18H,3-4,7,9H2,1-2H3. The molecule has 1 heterocycles. The molecule has 0 radical (unpaired) electrons. The zero-order valence-corrected chi connectivity index (χ0v) is 11.2. The second kappa shape index (κ2) is 5.41. The van der Waals surface area contributed by atoms with Crippen LogP contribution in [0.3, 0.4) is 0 Å². The molecule has 0 bridgehead atoms. The Morgan fingerprint density at radius 3 is 2.68 bits per heavy atom. The molecule has 1 aromatic rings. The Hall–Kier alpha value is -1.23. The van der Waals surface area contributed by atoms with Crippen LogP contribution in [0.2, 0.25) is 0 Å². The topological polar surface area (TPSA) is 15.3 Å². The summed E-state index contributed by atoms with van der Waals surface area (Å²) in [5.74, 6) is 0. The van der Waals surface area contributed by atoms with E-state index in [2.05, 4.69) is 10.2 Å². The molecule has 0 aromatic heterocycles. The predicted molar refractivity (Wildman–Crippen MR) is 70.3 cm³/mol. The van der Waals surface area contributed by atoms with Gasteiger partial charge in [0.1, 0.15) is 0 Å². The van der Waals surface area contributed by atoms with E-state index < -0.39 is 11.7 Å². The van der Waals surface area contributed by atoms with Crippen LogP contribution in [-0.2, 0) is 6.18 Å². The average molecular weight is 272 g/mol. The number of alkyl halides is 3. The first-order chi connectivity index (χ1) is 8.86. The molecule has 0 aliphatic carbocycles. The molecule has 0 amide bonds. The van der Waals surface area contributed by atoms with Crippen molar-refractivity contribution in [3.8, 4) is 0 Å². The largest absolute Gasteiger partial charge is 0.416 e. The summed E-state index contributed by atoms with van der Waals surface area (Å²) < 4.78 is 38.5. The summed E-state index contributed by atoms with van der Waals surface area (Å²) in [5, 5.41) is 3.21. The lowest BCUT2D eigenvalue weighted by Crippen LogP contribution is -2.39. The fraction of sp³-hybridized carbons (Fsp3) is 0.571. The molecule has 1 saturated heterocycles. The predicted octanol–water partition coefficient (Wildman–Crippen LogP) is 3.52. The number of likely N-dealkylation sites (tertiary alicyclic amines) is 1. The highest BCUT2D eigenvalue weighted by Gasteiger charge is 2.32. The Labute approximate surface area is 111 Å². The van der Waals surface area contributed by atoms with Crippen molar-refractivity contribution < 1.29 is 13.2 Å². The maximum Gasteiger partial charge on any atom is 0.416 e. The van der Waals surface area contributed by atoms with E-state index in [1.165, 1.54) is 19.1 Å². The second-order valence-electron chi connectivity index (χ2n) is 5.27. The van der Waals surface area contributed by atoms with Gasteiger partial charge in [-0.3, -0.25) is 0 Å². The van der Waals surface area contributed by atoms with Crippen LogP contribution in [0.25, 0.3) is 0 Å². The first-order valence-electron chi connectivity index (χ1n) is 6.49. The summed E-state index contributed by atoms with van der Waals surface area (Å²) >= 11 is 0. The zero-order chi connectivity index (χ0) is 14.0. The van der Waals surface area contributed by atoms with Crippen LogP contribution < -0.4 is 5.32 Å². The Bertz CT molecular complexity index is 443. The van der Waals surface area contributed by atoms with Crippen molar-refractivity contribution in [1.29, 1.82) is 0 Å². The van der Waals surface area contributed by atoms with Crippen molar-refractivity contribution in [2.75, 3.05) is 25.5 Å². The smallest absolute Gasteiger partial charge is 0.381 e. The zero-order valence-electron chi connectivity index (χ0n) is 11.2. The first kappa shape index (κ1) is 14.2. The quantitative estimate of drug-likeness (QED) is 0.886. The van der Waals surface area contributed by atoms with Crippen LogP contribution >= 0.6 is 0 Å². The third-order valence-electron chi connectivity index (χ3n) is 3.54. The lowest BCUT2D eigenvalue weighted by atomic mass is 10.0. The Kier molecular flexibility index (Phi) is 4.04. The van der Waals surface area contributed by atoms with E-state index in [-0.39, 0.29) is 11.6 Å². The molecule has 1 aliphatic heterocycles. The van der Waals surface area contributed by atoms with Gasteiger partial charge in [-0.05, 0) is 51.1 Å². The van der Waals surface area contributed by atoms with E-state index in [0.717, 1.165) is 25.9 Å². The molecule has 1 fully saturated rings.